The van der Waals surface area contributed by atoms with Crippen molar-refractivity contribution in [1.29, 1.82) is 0 Å². The SMILES string of the molecule is CCC(OC1OC(C)C(O)C(OC2CCC(O)C(O)C2O)C1O)C(O)C(OC1OC(C)C(OC(O)/C(O)=C(/OC(O)/C(O)=C(/O)CC(O)CO)C(C)O)C(O)C1O)C(O)OC(=O)[C@]12CCC(C)(C)CC1C1=CCC3[C@@]4(C)CC[C@H](OC5OC(C(=O)NCCN6C(=O)C=CC6=O)C(O)C(OC(O)C(O)C(O)C(C)O)C5OC5OC6(CO)C(O)C(O)C56O)[C@@](C)(CO)C4CC[C@@]3(C)[C@]1(C)C[C@H]2O. The standard InChI is InChI=1S/C88H140N2O45/c1-12-42(126-77-61(113)64(51(103)35(4)123-77)125-43-15-14-40(97)52(104)54(43)106)55(107)67(132-76-58(110)56(108)63(36(5)124-76)129-74(119)60(112)62(34(3)95)128-72(117)53(105)41(98)27-37(96)30-91)75(120)134-79(121)86-24-23-81(6,7)28-39(86)38-13-16-45-82(8)21-20-47(83(9,31-92)44(82)19-22-84(45,10)85(38,11)29-46(86)99)127-78-68(133-80-88(122)70(115)69(114)87(88,32-93)135-80)65(130-73(118)57(109)50(102)33(2)94)59(111)66(131-78)71(116)89-25-26-90-48(100)17-18-49(90)101/h13,17-18,33-37,39-40,42-47,50-52,54-59,61,63-70,72-78,80,91-99,102-115,117-120,122H,12,14-16,19-32H2,1-11H3,(H,89,116)/b53-41-,62-60-/t33?,34?,35?,36?,37?,39?,40?,42?,43?,44?,45?,46-,47+,50?,51?,52?,54?,55?,56?,57?,58?,59?,61?,63?,64?,65?,66?,67?,68?,69?,70?,72?,73?,74?,75?,76?,77?,78?,80?,82+,83+,84-,85-,86-,87?,88?/m1/s1. The van der Waals surface area contributed by atoms with Crippen LogP contribution in [0.1, 0.15) is 160 Å². The van der Waals surface area contributed by atoms with Gasteiger partial charge in [-0.05, 0) is 144 Å². The highest BCUT2D eigenvalue weighted by atomic mass is 16.8. The fourth-order valence-corrected chi connectivity index (χ4v) is 23.5. The molecule has 0 spiro atoms. The number of imide groups is 1. The molecule has 47 heteroatoms. The predicted molar refractivity (Wildman–Crippen MR) is 447 cm³/mol. The Kier molecular flexibility index (Phi) is 33.5. The van der Waals surface area contributed by atoms with Gasteiger partial charge in [0, 0.05) is 37.1 Å². The van der Waals surface area contributed by atoms with Crippen LogP contribution in [0.2, 0.25) is 0 Å². The highest BCUT2D eigenvalue weighted by Crippen LogP contribution is 2.76. The largest absolute Gasteiger partial charge is 0.508 e. The molecule has 5 heterocycles. The molecule has 12 aliphatic rings. The van der Waals surface area contributed by atoms with Crippen LogP contribution in [-0.2, 0) is 80.8 Å². The van der Waals surface area contributed by atoms with E-state index in [1.165, 1.54) is 20.8 Å². The van der Waals surface area contributed by atoms with Crippen molar-refractivity contribution < 1.29 is 224 Å². The number of hydrogen-bond acceptors (Lipinski definition) is 45. The highest BCUT2D eigenvalue weighted by molar-refractivity contribution is 6.12. The maximum Gasteiger partial charge on any atom is 0.317 e. The summed E-state index contributed by atoms with van der Waals surface area (Å²) in [6.45, 7) is 14.5. The summed E-state index contributed by atoms with van der Waals surface area (Å²) in [5, 5.41) is 317. The van der Waals surface area contributed by atoms with Crippen molar-refractivity contribution in [2.75, 3.05) is 32.9 Å². The number of rotatable bonds is 37. The number of esters is 1. The molecule has 0 aromatic carbocycles. The lowest BCUT2D eigenvalue weighted by atomic mass is 9.33. The first-order valence-corrected chi connectivity index (χ1v) is 46.0. The van der Waals surface area contributed by atoms with E-state index < -0.39 is 356 Å². The molecule has 0 aromatic rings. The number of nitrogens with one attached hydrogen (secondary N) is 1. The highest BCUT2D eigenvalue weighted by Gasteiger charge is 2.85. The number of carbonyl (C=O) groups excluding carboxylic acids is 4. The lowest BCUT2D eigenvalue weighted by Gasteiger charge is -2.72. The predicted octanol–water partition coefficient (Wildman–Crippen LogP) is -7.78. The lowest BCUT2D eigenvalue weighted by molar-refractivity contribution is -0.534. The van der Waals surface area contributed by atoms with E-state index in [4.69, 9.17) is 61.6 Å². The number of aliphatic hydroxyl groups is 28. The van der Waals surface area contributed by atoms with E-state index in [0.717, 1.165) is 36.5 Å². The van der Waals surface area contributed by atoms with Crippen LogP contribution in [0.5, 0.6) is 0 Å². The Bertz CT molecular complexity index is 4220. The number of ether oxygens (including phenoxy) is 13. The fourth-order valence-electron chi connectivity index (χ4n) is 23.5. The molecular formula is C88H140N2O45. The number of amides is 3. The molecule has 0 radical (unpaired) electrons. The molecule has 135 heavy (non-hydrogen) atoms. The molecule has 10 fully saturated rings. The van der Waals surface area contributed by atoms with Crippen LogP contribution in [0.4, 0.5) is 0 Å². The van der Waals surface area contributed by atoms with E-state index in [2.05, 4.69) is 19.2 Å². The monoisotopic (exact) mass is 1940 g/mol. The second-order valence-corrected chi connectivity index (χ2v) is 40.5. The zero-order chi connectivity index (χ0) is 100. The van der Waals surface area contributed by atoms with Crippen molar-refractivity contribution in [2.24, 2.45) is 50.2 Å². The molecule has 12 rings (SSSR count). The van der Waals surface area contributed by atoms with Gasteiger partial charge in [-0.3, -0.25) is 24.1 Å². The number of nitrogens with zero attached hydrogens (tertiary/aromatic N) is 1. The summed E-state index contributed by atoms with van der Waals surface area (Å²) in [5.41, 5.74) is -10.6. The van der Waals surface area contributed by atoms with Gasteiger partial charge >= 0.3 is 5.97 Å². The topological polar surface area (TPSA) is 770 Å². The van der Waals surface area contributed by atoms with Gasteiger partial charge in [-0.2, -0.15) is 0 Å². The van der Waals surface area contributed by atoms with Gasteiger partial charge in [-0.1, -0.05) is 60.1 Å². The molecule has 0 aromatic heterocycles. The molecule has 3 amide bonds. The smallest absolute Gasteiger partial charge is 0.317 e. The number of hydrogen-bond donors (Lipinski definition) is 29. The Balaban J connectivity index is 0.834. The summed E-state index contributed by atoms with van der Waals surface area (Å²) >= 11 is 0. The molecule has 4 saturated heterocycles. The Morgan fingerprint density at radius 1 is 0.600 bits per heavy atom. The fraction of sp³-hybridized carbons (Fsp3) is 0.864. The van der Waals surface area contributed by atoms with Crippen molar-refractivity contribution in [3.8, 4) is 0 Å². The third kappa shape index (κ3) is 19.5. The van der Waals surface area contributed by atoms with Crippen LogP contribution in [0.15, 0.2) is 46.8 Å². The average molecular weight is 1950 g/mol. The van der Waals surface area contributed by atoms with E-state index in [9.17, 15) is 157 Å². The second kappa shape index (κ2) is 41.6. The zero-order valence-corrected chi connectivity index (χ0v) is 76.9. The first-order chi connectivity index (χ1) is 63.0. The van der Waals surface area contributed by atoms with Crippen LogP contribution in [0, 0.1) is 50.2 Å². The summed E-state index contributed by atoms with van der Waals surface area (Å²) in [6, 6.07) is 0. The molecule has 0 bridgehead atoms. The molecular weight excluding hydrogens is 1800 g/mol. The second-order valence-electron chi connectivity index (χ2n) is 40.5. The Morgan fingerprint density at radius 2 is 1.25 bits per heavy atom. The summed E-state index contributed by atoms with van der Waals surface area (Å²) in [6.07, 6.45) is -67.2. The van der Waals surface area contributed by atoms with Crippen LogP contribution in [0.3, 0.4) is 0 Å². The van der Waals surface area contributed by atoms with E-state index in [-0.39, 0.29) is 70.3 Å². The molecule has 47 nitrogen and oxygen atoms in total. The number of carbonyl (C=O) groups is 4. The third-order valence-corrected chi connectivity index (χ3v) is 31.8. The van der Waals surface area contributed by atoms with Gasteiger partial charge in [0.1, 0.15) is 115 Å². The first kappa shape index (κ1) is 109. The normalized spacial score (nSPS) is 44.8. The molecule has 6 saturated carbocycles. The van der Waals surface area contributed by atoms with E-state index >= 15 is 4.79 Å². The van der Waals surface area contributed by atoms with Gasteiger partial charge in [0.05, 0.1) is 74.8 Å². The van der Waals surface area contributed by atoms with Gasteiger partial charge in [0.15, 0.2) is 72.1 Å². The minimum atomic E-state index is -2.71. The molecule has 39 unspecified atom stereocenters. The first-order valence-electron chi connectivity index (χ1n) is 46.0. The van der Waals surface area contributed by atoms with Crippen molar-refractivity contribution in [3.63, 3.8) is 0 Å². The quantitative estimate of drug-likeness (QED) is 0.00686. The molecule has 5 aliphatic heterocycles. The van der Waals surface area contributed by atoms with Gasteiger partial charge in [0.2, 0.25) is 12.6 Å². The number of aliphatic hydroxyl groups excluding tert-OH is 27. The Hall–Kier alpha value is -5.20. The van der Waals surface area contributed by atoms with Crippen molar-refractivity contribution in [2.45, 2.75) is 392 Å². The summed E-state index contributed by atoms with van der Waals surface area (Å²) < 4.78 is 78.7. The summed E-state index contributed by atoms with van der Waals surface area (Å²) in [5.74, 6) is -10.6. The Morgan fingerprint density at radius 3 is 1.87 bits per heavy atom. The number of fused-ring (bicyclic) bond motifs is 8. The van der Waals surface area contributed by atoms with E-state index in [1.807, 2.05) is 26.8 Å². The lowest BCUT2D eigenvalue weighted by Crippen LogP contribution is -2.96. The van der Waals surface area contributed by atoms with Crippen LogP contribution in [-0.4, -0.2) is 437 Å². The summed E-state index contributed by atoms with van der Waals surface area (Å²) in [4.78, 5) is 56.6. The van der Waals surface area contributed by atoms with Crippen LogP contribution < -0.4 is 5.32 Å². The average Bonchev–Trinajstić information content (AvgIpc) is 0.879. The van der Waals surface area contributed by atoms with Gasteiger partial charge in [-0.15, -0.1) is 0 Å². The maximum absolute atomic E-state index is 16.2. The van der Waals surface area contributed by atoms with Gasteiger partial charge in [-0.25, -0.2) is 0 Å². The summed E-state index contributed by atoms with van der Waals surface area (Å²) in [7, 11) is 0. The van der Waals surface area contributed by atoms with Crippen LogP contribution >= 0.6 is 0 Å². The third-order valence-electron chi connectivity index (χ3n) is 31.8. The van der Waals surface area contributed by atoms with E-state index in [1.54, 1.807) is 6.92 Å². The molecule has 29 N–H and O–H groups in total. The van der Waals surface area contributed by atoms with E-state index in [0.29, 0.717) is 19.3 Å². The minimum absolute atomic E-state index is 0.0349. The van der Waals surface area contributed by atoms with Gasteiger partial charge in [0.25, 0.3) is 24.0 Å². The number of allylic oxidation sites excluding steroid dienone is 2. The molecule has 46 atom stereocenters. The van der Waals surface area contributed by atoms with Crippen molar-refractivity contribution >= 4 is 23.7 Å². The minimum Gasteiger partial charge on any atom is -0.508 e. The van der Waals surface area contributed by atoms with Crippen LogP contribution in [0.25, 0.3) is 0 Å². The maximum atomic E-state index is 16.2. The molecule has 772 valence electrons. The molecule has 7 aliphatic carbocycles. The van der Waals surface area contributed by atoms with Gasteiger partial charge < -0.3 is 210 Å². The van der Waals surface area contributed by atoms with Crippen molar-refractivity contribution in [3.05, 3.63) is 46.8 Å². The zero-order valence-electron chi connectivity index (χ0n) is 76.9. The van der Waals surface area contributed by atoms with Crippen molar-refractivity contribution in [1.82, 2.24) is 10.2 Å². The Labute approximate surface area is 776 Å².